The SMILES string of the molecule is FS(F)(F)(F)(Cl)C1CC=C(Br)C=N1. The lowest BCUT2D eigenvalue weighted by atomic mass is 10.3. The number of nitrogens with zero attached hydrogens (tertiary/aromatic N) is 1. The second-order valence-electron chi connectivity index (χ2n) is 2.59. The first-order chi connectivity index (χ1) is 5.49. The summed E-state index contributed by atoms with van der Waals surface area (Å²) in [5, 5.41) is -2.44. The number of hydrogen-bond acceptors (Lipinski definition) is 1. The second kappa shape index (κ2) is 2.43. The molecule has 1 atom stereocenters. The lowest BCUT2D eigenvalue weighted by Gasteiger charge is -2.47. The van der Waals surface area contributed by atoms with Crippen LogP contribution in [0.15, 0.2) is 15.6 Å². The fourth-order valence-electron chi connectivity index (χ4n) is 0.778. The smallest absolute Gasteiger partial charge is 0.250 e. The highest BCUT2D eigenvalue weighted by Crippen LogP contribution is 3.03. The van der Waals surface area contributed by atoms with Gasteiger partial charge in [-0.1, -0.05) is 6.08 Å². The molecule has 1 unspecified atom stereocenters. The Hall–Kier alpha value is 0.250. The van der Waals surface area contributed by atoms with E-state index in [4.69, 9.17) is 0 Å². The van der Waals surface area contributed by atoms with Crippen LogP contribution in [0, 0.1) is 0 Å². The topological polar surface area (TPSA) is 12.4 Å². The fourth-order valence-corrected chi connectivity index (χ4v) is 2.19. The van der Waals surface area contributed by atoms with E-state index in [1.807, 2.05) is 0 Å². The zero-order valence-corrected chi connectivity index (χ0v) is 9.22. The molecule has 0 saturated heterocycles. The van der Waals surface area contributed by atoms with Crippen molar-refractivity contribution >= 4 is 41.9 Å². The van der Waals surface area contributed by atoms with Crippen molar-refractivity contribution in [3.05, 3.63) is 10.6 Å². The van der Waals surface area contributed by atoms with Gasteiger partial charge >= 0.3 is 0 Å². The Bertz CT molecular complexity index is 294. The van der Waals surface area contributed by atoms with Crippen LogP contribution in [0.2, 0.25) is 0 Å². The van der Waals surface area contributed by atoms with Crippen LogP contribution in [0.25, 0.3) is 0 Å². The summed E-state index contributed by atoms with van der Waals surface area (Å²) in [6.07, 6.45) is 1.51. The molecule has 0 spiro atoms. The summed E-state index contributed by atoms with van der Waals surface area (Å²) in [5.41, 5.74) is 0. The maximum atomic E-state index is 12.5. The lowest BCUT2D eigenvalue weighted by molar-refractivity contribution is 0.453. The van der Waals surface area contributed by atoms with Crippen LogP contribution < -0.4 is 0 Å². The highest BCUT2D eigenvalue weighted by molar-refractivity contribution is 9.12. The van der Waals surface area contributed by atoms with Crippen molar-refractivity contribution in [2.75, 3.05) is 0 Å². The summed E-state index contributed by atoms with van der Waals surface area (Å²) < 4.78 is 50.4. The van der Waals surface area contributed by atoms with Crippen LogP contribution in [0.4, 0.5) is 15.5 Å². The van der Waals surface area contributed by atoms with E-state index in [2.05, 4.69) is 31.6 Å². The summed E-state index contributed by atoms with van der Waals surface area (Å²) >= 11 is 2.91. The molecule has 1 heterocycles. The Morgan fingerprint density at radius 1 is 1.46 bits per heavy atom. The van der Waals surface area contributed by atoms with Crippen LogP contribution in [-0.4, -0.2) is 11.6 Å². The Balaban J connectivity index is 2.98. The Morgan fingerprint density at radius 2 is 2.00 bits per heavy atom. The number of allylic oxidation sites excluding steroid dienone is 1. The van der Waals surface area contributed by atoms with Crippen molar-refractivity contribution in [1.29, 1.82) is 0 Å². The Labute approximate surface area is 84.9 Å². The van der Waals surface area contributed by atoms with Crippen molar-refractivity contribution in [2.45, 2.75) is 11.8 Å². The van der Waals surface area contributed by atoms with E-state index in [-0.39, 0.29) is 0 Å². The summed E-state index contributed by atoms with van der Waals surface area (Å²) in [6.45, 7) is 0. The standard InChI is InChI=1S/C5H5BrClF4NS/c6-4-1-2-5(12-3-4)13(7,8,9,10)11/h1,3,5H,2H2. The molecule has 0 amide bonds. The summed E-state index contributed by atoms with van der Waals surface area (Å²) in [6, 6.07) is 0. The molecule has 1 aliphatic rings. The summed E-state index contributed by atoms with van der Waals surface area (Å²) in [5.74, 6) is 0. The molecule has 0 fully saturated rings. The van der Waals surface area contributed by atoms with Crippen molar-refractivity contribution in [2.24, 2.45) is 4.99 Å². The average Bonchev–Trinajstić information content (AvgIpc) is 1.82. The van der Waals surface area contributed by atoms with E-state index in [1.54, 1.807) is 0 Å². The molecular weight excluding hydrogens is 297 g/mol. The van der Waals surface area contributed by atoms with Gasteiger partial charge in [-0.15, -0.1) is 15.5 Å². The molecule has 0 saturated carbocycles. The third-order valence-corrected chi connectivity index (χ3v) is 3.88. The van der Waals surface area contributed by atoms with Gasteiger partial charge in [-0.25, -0.2) is 0 Å². The van der Waals surface area contributed by atoms with Gasteiger partial charge < -0.3 is 0 Å². The molecular formula is C5H5BrClF4NS. The highest BCUT2D eigenvalue weighted by atomic mass is 79.9. The fraction of sp³-hybridized carbons (Fsp3) is 0.400. The van der Waals surface area contributed by atoms with Crippen molar-refractivity contribution in [3.8, 4) is 0 Å². The van der Waals surface area contributed by atoms with Crippen LogP contribution in [0.5, 0.6) is 0 Å². The first-order valence-corrected chi connectivity index (χ1v) is 6.84. The predicted molar refractivity (Wildman–Crippen MR) is 51.8 cm³/mol. The van der Waals surface area contributed by atoms with Crippen LogP contribution in [0.3, 0.4) is 0 Å². The van der Waals surface area contributed by atoms with E-state index in [1.165, 1.54) is 6.08 Å². The molecule has 13 heavy (non-hydrogen) atoms. The van der Waals surface area contributed by atoms with Gasteiger partial charge in [0.05, 0.1) is 0 Å². The molecule has 8 heteroatoms. The van der Waals surface area contributed by atoms with E-state index < -0.39 is 20.8 Å². The maximum Gasteiger partial charge on any atom is 0.250 e. The summed E-state index contributed by atoms with van der Waals surface area (Å²) in [7, 11) is -4.41. The molecule has 0 N–H and O–H groups in total. The van der Waals surface area contributed by atoms with Crippen LogP contribution >= 0.6 is 35.7 Å². The van der Waals surface area contributed by atoms with Crippen molar-refractivity contribution in [1.82, 2.24) is 0 Å². The minimum absolute atomic E-state index is 0.391. The van der Waals surface area contributed by atoms with Crippen LogP contribution in [0.1, 0.15) is 6.42 Å². The third-order valence-electron chi connectivity index (χ3n) is 1.39. The first-order valence-electron chi connectivity index (χ1n) is 3.11. The molecule has 1 nitrogen and oxygen atoms in total. The number of hydrogen-bond donors (Lipinski definition) is 0. The number of rotatable bonds is 1. The van der Waals surface area contributed by atoms with E-state index >= 15 is 0 Å². The maximum absolute atomic E-state index is 12.5. The lowest BCUT2D eigenvalue weighted by Crippen LogP contribution is -2.23. The first kappa shape index (κ1) is 11.3. The van der Waals surface area contributed by atoms with Gasteiger partial charge in [0.25, 0.3) is 0 Å². The van der Waals surface area contributed by atoms with Gasteiger partial charge in [-0.3, -0.25) is 4.99 Å². The average molecular weight is 303 g/mol. The zero-order valence-electron chi connectivity index (χ0n) is 6.06. The quantitative estimate of drug-likeness (QED) is 0.626. The largest absolute Gasteiger partial charge is 0.269 e. The number of dihydropyridines is 1. The predicted octanol–water partition coefficient (Wildman–Crippen LogP) is 4.63. The van der Waals surface area contributed by atoms with E-state index in [9.17, 15) is 15.5 Å². The molecule has 0 aromatic heterocycles. The molecule has 1 rings (SSSR count). The van der Waals surface area contributed by atoms with E-state index in [0.717, 1.165) is 6.21 Å². The third kappa shape index (κ3) is 3.14. The minimum atomic E-state index is -8.47. The Morgan fingerprint density at radius 3 is 2.31 bits per heavy atom. The van der Waals surface area contributed by atoms with Crippen molar-refractivity contribution in [3.63, 3.8) is 0 Å². The number of halogens is 6. The van der Waals surface area contributed by atoms with Gasteiger partial charge in [-0.05, 0) is 15.9 Å². The van der Waals surface area contributed by atoms with Gasteiger partial charge in [0, 0.05) is 27.8 Å². The van der Waals surface area contributed by atoms with Gasteiger partial charge in [0.15, 0.2) is 5.37 Å². The number of aliphatic imine (C=N–C) groups is 1. The molecule has 0 bridgehead atoms. The van der Waals surface area contributed by atoms with E-state index in [0.29, 0.717) is 4.48 Å². The minimum Gasteiger partial charge on any atom is -0.269 e. The summed E-state index contributed by atoms with van der Waals surface area (Å²) in [4.78, 5) is 3.01. The van der Waals surface area contributed by atoms with Crippen LogP contribution in [-0.2, 0) is 0 Å². The highest BCUT2D eigenvalue weighted by Gasteiger charge is 2.67. The van der Waals surface area contributed by atoms with Gasteiger partial charge in [-0.2, -0.15) is 0 Å². The van der Waals surface area contributed by atoms with Crippen molar-refractivity contribution < 1.29 is 15.5 Å². The molecule has 0 radical (unpaired) electrons. The molecule has 0 aliphatic carbocycles. The molecule has 0 aromatic carbocycles. The van der Waals surface area contributed by atoms with Gasteiger partial charge in [0.1, 0.15) is 0 Å². The van der Waals surface area contributed by atoms with Gasteiger partial charge in [0.2, 0.25) is 9.05 Å². The molecule has 1 aliphatic heterocycles. The monoisotopic (exact) mass is 301 g/mol. The molecule has 0 aromatic rings. The molecule has 78 valence electrons. The second-order valence-corrected chi connectivity index (χ2v) is 8.04. The zero-order chi connectivity index (χ0) is 10.4. The normalized spacial score (nSPS) is 29.1. The Kier molecular flexibility index (Phi) is 2.12.